The van der Waals surface area contributed by atoms with Crippen LogP contribution in [0.1, 0.15) is 33.3 Å². The van der Waals surface area contributed by atoms with Crippen molar-refractivity contribution in [1.29, 1.82) is 0 Å². The van der Waals surface area contributed by atoms with Crippen molar-refractivity contribution in [2.45, 2.75) is 32.4 Å². The van der Waals surface area contributed by atoms with Gasteiger partial charge in [0.1, 0.15) is 11.0 Å². The third-order valence-electron chi connectivity index (χ3n) is 2.11. The van der Waals surface area contributed by atoms with Crippen molar-refractivity contribution in [2.24, 2.45) is 4.40 Å². The van der Waals surface area contributed by atoms with Crippen molar-refractivity contribution in [3.63, 3.8) is 0 Å². The van der Waals surface area contributed by atoms with Gasteiger partial charge in [-0.2, -0.15) is 4.40 Å². The van der Waals surface area contributed by atoms with Crippen LogP contribution in [0.4, 0.5) is 0 Å². The quantitative estimate of drug-likeness (QED) is 0.778. The van der Waals surface area contributed by atoms with E-state index in [9.17, 15) is 4.21 Å². The van der Waals surface area contributed by atoms with E-state index < -0.39 is 11.0 Å². The zero-order chi connectivity index (χ0) is 13.1. The van der Waals surface area contributed by atoms with Crippen LogP contribution in [0, 0.1) is 0 Å². The average molecular weight is 254 g/mol. The van der Waals surface area contributed by atoms with E-state index in [1.54, 1.807) is 19.4 Å². The highest BCUT2D eigenvalue weighted by Gasteiger charge is 2.19. The van der Waals surface area contributed by atoms with E-state index in [2.05, 4.69) is 9.38 Å². The minimum atomic E-state index is -1.25. The summed E-state index contributed by atoms with van der Waals surface area (Å²) in [6, 6.07) is 3.61. The van der Waals surface area contributed by atoms with Crippen molar-refractivity contribution in [3.05, 3.63) is 23.9 Å². The first kappa shape index (κ1) is 13.8. The van der Waals surface area contributed by atoms with E-state index in [-0.39, 0.29) is 4.75 Å². The lowest BCUT2D eigenvalue weighted by Crippen LogP contribution is -2.20. The first-order valence-electron chi connectivity index (χ1n) is 5.32. The third kappa shape index (κ3) is 3.93. The fourth-order valence-electron chi connectivity index (χ4n) is 1.03. The van der Waals surface area contributed by atoms with Gasteiger partial charge in [-0.1, -0.05) is 0 Å². The van der Waals surface area contributed by atoms with Crippen LogP contribution in [0.3, 0.4) is 0 Å². The molecule has 1 aromatic heterocycles. The van der Waals surface area contributed by atoms with E-state index in [0.717, 1.165) is 5.56 Å². The summed E-state index contributed by atoms with van der Waals surface area (Å²) in [5.41, 5.74) is 1.57. The standard InChI is InChI=1S/C12H18N2O2S/c1-9(14-17(15)12(2,3)4)10-6-7-11(16-5)13-8-10/h6-8H,1-5H3/b14-9+. The monoisotopic (exact) mass is 254 g/mol. The maximum absolute atomic E-state index is 11.8. The number of methoxy groups -OCH3 is 1. The molecule has 0 aromatic carbocycles. The molecule has 5 heteroatoms. The molecule has 0 aliphatic heterocycles. The lowest BCUT2D eigenvalue weighted by atomic mass is 10.2. The summed E-state index contributed by atoms with van der Waals surface area (Å²) in [6.07, 6.45) is 1.66. The van der Waals surface area contributed by atoms with Crippen molar-refractivity contribution in [2.75, 3.05) is 7.11 Å². The highest BCUT2D eigenvalue weighted by atomic mass is 32.2. The second kappa shape index (κ2) is 5.40. The van der Waals surface area contributed by atoms with Crippen molar-refractivity contribution in [3.8, 4) is 5.88 Å². The largest absolute Gasteiger partial charge is 0.481 e. The Balaban J connectivity index is 2.92. The van der Waals surface area contributed by atoms with Gasteiger partial charge in [0.05, 0.1) is 17.6 Å². The van der Waals surface area contributed by atoms with E-state index in [1.165, 1.54) is 0 Å². The lowest BCUT2D eigenvalue weighted by Gasteiger charge is -2.14. The minimum absolute atomic E-state index is 0.346. The molecule has 0 N–H and O–H groups in total. The Bertz CT molecular complexity index is 433. The molecule has 17 heavy (non-hydrogen) atoms. The predicted octanol–water partition coefficient (Wildman–Crippen LogP) is 2.36. The van der Waals surface area contributed by atoms with Gasteiger partial charge in [-0.3, -0.25) is 0 Å². The minimum Gasteiger partial charge on any atom is -0.481 e. The van der Waals surface area contributed by atoms with Crippen molar-refractivity contribution in [1.82, 2.24) is 4.98 Å². The first-order chi connectivity index (χ1) is 7.84. The Morgan fingerprint density at radius 3 is 2.47 bits per heavy atom. The summed E-state index contributed by atoms with van der Waals surface area (Å²) in [7, 11) is 0.321. The van der Waals surface area contributed by atoms with Gasteiger partial charge in [0.2, 0.25) is 5.88 Å². The molecule has 0 spiro atoms. The summed E-state index contributed by atoms with van der Waals surface area (Å²) in [6.45, 7) is 7.51. The van der Waals surface area contributed by atoms with Gasteiger partial charge >= 0.3 is 0 Å². The molecule has 1 atom stereocenters. The number of nitrogens with zero attached hydrogens (tertiary/aromatic N) is 2. The van der Waals surface area contributed by atoms with Crippen LogP contribution in [-0.4, -0.2) is 26.8 Å². The highest BCUT2D eigenvalue weighted by Crippen LogP contribution is 2.14. The Hall–Kier alpha value is -1.23. The molecule has 0 radical (unpaired) electrons. The van der Waals surface area contributed by atoms with Crippen LogP contribution in [0.2, 0.25) is 0 Å². The van der Waals surface area contributed by atoms with Crippen LogP contribution in [0.15, 0.2) is 22.7 Å². The molecule has 1 unspecified atom stereocenters. The second-order valence-corrected chi connectivity index (χ2v) is 6.53. The van der Waals surface area contributed by atoms with Gasteiger partial charge in [-0.25, -0.2) is 9.19 Å². The van der Waals surface area contributed by atoms with Gasteiger partial charge in [-0.15, -0.1) is 0 Å². The fraction of sp³-hybridized carbons (Fsp3) is 0.500. The maximum atomic E-state index is 11.8. The normalized spacial score (nSPS) is 14.5. The highest BCUT2D eigenvalue weighted by molar-refractivity contribution is 7.85. The molecule has 94 valence electrons. The average Bonchev–Trinajstić information content (AvgIpc) is 2.27. The topological polar surface area (TPSA) is 51.5 Å². The summed E-state index contributed by atoms with van der Waals surface area (Å²) >= 11 is 0. The SMILES string of the molecule is COc1ccc(/C(C)=N/S(=O)C(C)(C)C)cn1. The van der Waals surface area contributed by atoms with Gasteiger partial charge in [0.15, 0.2) is 0 Å². The summed E-state index contributed by atoms with van der Waals surface area (Å²) in [4.78, 5) is 4.09. The summed E-state index contributed by atoms with van der Waals surface area (Å²) < 4.78 is 20.7. The van der Waals surface area contributed by atoms with Gasteiger partial charge in [0.25, 0.3) is 0 Å². The van der Waals surface area contributed by atoms with Crippen LogP contribution in [-0.2, 0) is 11.0 Å². The molecule has 0 fully saturated rings. The number of aromatic nitrogens is 1. The predicted molar refractivity (Wildman–Crippen MR) is 70.9 cm³/mol. The molecule has 0 bridgehead atoms. The second-order valence-electron chi connectivity index (χ2n) is 4.63. The van der Waals surface area contributed by atoms with Crippen molar-refractivity contribution >= 4 is 16.7 Å². The molecule has 1 heterocycles. The van der Waals surface area contributed by atoms with Crippen LogP contribution < -0.4 is 4.74 Å². The summed E-state index contributed by atoms with van der Waals surface area (Å²) in [5.74, 6) is 0.554. The van der Waals surface area contributed by atoms with E-state index in [1.807, 2.05) is 33.8 Å². The molecule has 0 aliphatic carbocycles. The number of rotatable bonds is 3. The Morgan fingerprint density at radius 2 is 2.06 bits per heavy atom. The first-order valence-corrected chi connectivity index (χ1v) is 6.43. The Kier molecular flexibility index (Phi) is 4.40. The number of hydrogen-bond donors (Lipinski definition) is 0. The number of hydrogen-bond acceptors (Lipinski definition) is 3. The van der Waals surface area contributed by atoms with E-state index in [0.29, 0.717) is 11.6 Å². The molecular weight excluding hydrogens is 236 g/mol. The zero-order valence-electron chi connectivity index (χ0n) is 10.9. The number of pyridine rings is 1. The molecule has 1 aromatic rings. The Labute approximate surface area is 105 Å². The zero-order valence-corrected chi connectivity index (χ0v) is 11.7. The smallest absolute Gasteiger partial charge is 0.212 e. The van der Waals surface area contributed by atoms with Gasteiger partial charge < -0.3 is 4.74 Å². The Morgan fingerprint density at radius 1 is 1.41 bits per heavy atom. The van der Waals surface area contributed by atoms with Gasteiger partial charge in [-0.05, 0) is 33.8 Å². The van der Waals surface area contributed by atoms with Crippen LogP contribution in [0.5, 0.6) is 5.88 Å². The molecule has 0 saturated carbocycles. The lowest BCUT2D eigenvalue weighted by molar-refractivity contribution is 0.398. The van der Waals surface area contributed by atoms with Gasteiger partial charge in [0, 0.05) is 17.8 Å². The third-order valence-corrected chi connectivity index (χ3v) is 3.59. The summed E-state index contributed by atoms with van der Waals surface area (Å²) in [5, 5.41) is 0. The molecular formula is C12H18N2O2S. The van der Waals surface area contributed by atoms with E-state index >= 15 is 0 Å². The molecule has 1 rings (SSSR count). The molecule has 0 aliphatic rings. The molecule has 4 nitrogen and oxygen atoms in total. The molecule has 0 amide bonds. The van der Waals surface area contributed by atoms with Crippen LogP contribution >= 0.6 is 0 Å². The maximum Gasteiger partial charge on any atom is 0.212 e. The molecule has 0 saturated heterocycles. The van der Waals surface area contributed by atoms with E-state index in [4.69, 9.17) is 4.74 Å². The van der Waals surface area contributed by atoms with Crippen molar-refractivity contribution < 1.29 is 8.95 Å². The number of ether oxygens (including phenoxy) is 1. The van der Waals surface area contributed by atoms with Crippen LogP contribution in [0.25, 0.3) is 0 Å². The fourth-order valence-corrected chi connectivity index (χ4v) is 1.66.